The lowest BCUT2D eigenvalue weighted by molar-refractivity contribution is 0.218. The van der Waals surface area contributed by atoms with Gasteiger partial charge in [-0.25, -0.2) is 13.2 Å². The number of phenolic OH excluding ortho intramolecular Hbond substituents is 1. The first kappa shape index (κ1) is 39.5. The molecule has 0 aliphatic carbocycles. The van der Waals surface area contributed by atoms with Gasteiger partial charge in [0.05, 0.1) is 11.3 Å². The lowest BCUT2D eigenvalue weighted by atomic mass is 9.85. The summed E-state index contributed by atoms with van der Waals surface area (Å²) < 4.78 is 59.1. The van der Waals surface area contributed by atoms with Gasteiger partial charge in [0.1, 0.15) is 64.3 Å². The summed E-state index contributed by atoms with van der Waals surface area (Å²) in [7, 11) is 0. The number of hydrogen-bond donors (Lipinski definition) is 1. The normalized spacial score (nSPS) is 17.9. The summed E-state index contributed by atoms with van der Waals surface area (Å²) in [6.07, 6.45) is 0.122. The molecule has 13 heteroatoms. The highest BCUT2D eigenvalue weighted by atomic mass is 32.1. The summed E-state index contributed by atoms with van der Waals surface area (Å²) in [6.45, 7) is 15.1. The summed E-state index contributed by atoms with van der Waals surface area (Å²) in [4.78, 5) is 11.3. The molecular formula is C47H45F3N6O3S. The van der Waals surface area contributed by atoms with Crippen molar-refractivity contribution < 1.29 is 27.8 Å². The second-order valence-electron chi connectivity index (χ2n) is 15.7. The van der Waals surface area contributed by atoms with Crippen molar-refractivity contribution in [1.82, 2.24) is 19.7 Å². The lowest BCUT2D eigenvalue weighted by Crippen LogP contribution is -2.33. The van der Waals surface area contributed by atoms with Crippen molar-refractivity contribution in [3.63, 3.8) is 0 Å². The number of aryl methyl sites for hydroxylation is 2. The maximum absolute atomic E-state index is 15.2. The van der Waals surface area contributed by atoms with E-state index in [1.54, 1.807) is 24.3 Å². The molecule has 5 heterocycles. The van der Waals surface area contributed by atoms with Crippen LogP contribution in [-0.2, 0) is 0 Å². The molecule has 3 aliphatic heterocycles. The molecule has 9 rings (SSSR count). The standard InChI is InChI=1S/C47H45F3N6O3S/c1-26-29(4)60-47-42(26)44(51-28(3)46-53-52-30(5)56(46)47)31-7-11-34(12-8-31)55-18-6-17-54(19-20-55)21-22-58-36-14-9-32(10-15-36)45-41(43-38(49)23-33(48)24-39(43)50)27(2)37-25-35(57)13-16-40(37)59-45/h7-16,23-25,28,45,57H,6,17-22H2,1-5H3/t28-,45?/m0/s1. The molecule has 60 heavy (non-hydrogen) atoms. The molecule has 9 nitrogen and oxygen atoms in total. The lowest BCUT2D eigenvalue weighted by Gasteiger charge is -2.31. The van der Waals surface area contributed by atoms with Crippen molar-refractivity contribution in [1.29, 1.82) is 0 Å². The maximum atomic E-state index is 15.2. The van der Waals surface area contributed by atoms with Crippen LogP contribution in [0.3, 0.4) is 0 Å². The third kappa shape index (κ3) is 7.23. The number of halogens is 3. The molecule has 1 N–H and O–H groups in total. The van der Waals surface area contributed by atoms with E-state index in [1.165, 1.54) is 28.3 Å². The number of aliphatic imine (C=N–C) groups is 1. The second kappa shape index (κ2) is 15.9. The van der Waals surface area contributed by atoms with Crippen molar-refractivity contribution in [3.8, 4) is 22.2 Å². The predicted octanol–water partition coefficient (Wildman–Crippen LogP) is 9.94. The van der Waals surface area contributed by atoms with Crippen molar-refractivity contribution in [3.05, 3.63) is 146 Å². The highest BCUT2D eigenvalue weighted by Gasteiger charge is 2.34. The number of hydrogen-bond acceptors (Lipinski definition) is 9. The first-order valence-electron chi connectivity index (χ1n) is 20.2. The number of rotatable bonds is 8. The van der Waals surface area contributed by atoms with Crippen LogP contribution in [0.1, 0.15) is 82.3 Å². The highest BCUT2D eigenvalue weighted by molar-refractivity contribution is 7.15. The zero-order chi connectivity index (χ0) is 41.8. The zero-order valence-corrected chi connectivity index (χ0v) is 34.9. The Labute approximate surface area is 351 Å². The molecule has 1 unspecified atom stereocenters. The molecule has 0 saturated carbocycles. The average molecular weight is 831 g/mol. The Morgan fingerprint density at radius 2 is 1.60 bits per heavy atom. The summed E-state index contributed by atoms with van der Waals surface area (Å²) in [5, 5.41) is 20.2. The largest absolute Gasteiger partial charge is 0.508 e. The SMILES string of the molecule is CC1=C(c2c(F)cc(F)cc2F)C(c2ccc(OCCN3CCCN(c4ccc(C5=N[C@@H](C)c6nnc(C)n6-c6sc(C)c(C)c65)cc4)CC3)cc2)Oc2ccc(O)cc21. The van der Waals surface area contributed by atoms with Gasteiger partial charge in [-0.05, 0) is 100 Å². The van der Waals surface area contributed by atoms with Crippen LogP contribution in [0.5, 0.6) is 17.2 Å². The van der Waals surface area contributed by atoms with Crippen LogP contribution in [0.2, 0.25) is 0 Å². The number of allylic oxidation sites excluding steroid dienone is 1. The quantitative estimate of drug-likeness (QED) is 0.164. The molecule has 3 aliphatic rings. The van der Waals surface area contributed by atoms with Crippen LogP contribution in [-0.4, -0.2) is 69.8 Å². The van der Waals surface area contributed by atoms with Crippen molar-refractivity contribution >= 4 is 33.9 Å². The zero-order valence-electron chi connectivity index (χ0n) is 34.1. The number of anilines is 1. The van der Waals surface area contributed by atoms with E-state index < -0.39 is 23.6 Å². The minimum atomic E-state index is -1.03. The van der Waals surface area contributed by atoms with E-state index in [2.05, 4.69) is 69.6 Å². The van der Waals surface area contributed by atoms with E-state index in [0.29, 0.717) is 46.9 Å². The molecular weight excluding hydrogens is 786 g/mol. The number of benzene rings is 4. The summed E-state index contributed by atoms with van der Waals surface area (Å²) in [5.74, 6) is -0.241. The number of aromatic nitrogens is 3. The Kier molecular flexibility index (Phi) is 10.5. The topological polar surface area (TPSA) is 88.2 Å². The van der Waals surface area contributed by atoms with Crippen molar-refractivity contribution in [2.45, 2.75) is 53.2 Å². The monoisotopic (exact) mass is 830 g/mol. The van der Waals surface area contributed by atoms with E-state index in [0.717, 1.165) is 72.6 Å². The average Bonchev–Trinajstić information content (AvgIpc) is 3.59. The van der Waals surface area contributed by atoms with E-state index in [1.807, 2.05) is 31.2 Å². The molecule has 1 saturated heterocycles. The fourth-order valence-corrected chi connectivity index (χ4v) is 9.80. The molecule has 2 atom stereocenters. The van der Waals surface area contributed by atoms with Gasteiger partial charge in [-0.2, -0.15) is 0 Å². The molecule has 0 spiro atoms. The van der Waals surface area contributed by atoms with E-state index >= 15 is 8.78 Å². The summed E-state index contributed by atoms with van der Waals surface area (Å²) in [5.41, 5.74) is 7.17. The fourth-order valence-electron chi connectivity index (χ4n) is 8.59. The first-order valence-corrected chi connectivity index (χ1v) is 21.0. The van der Waals surface area contributed by atoms with Gasteiger partial charge in [0.2, 0.25) is 0 Å². The second-order valence-corrected chi connectivity index (χ2v) is 16.9. The van der Waals surface area contributed by atoms with Crippen LogP contribution in [0, 0.1) is 38.2 Å². The van der Waals surface area contributed by atoms with Gasteiger partial charge in [0.15, 0.2) is 5.82 Å². The van der Waals surface area contributed by atoms with Crippen LogP contribution in [0.25, 0.3) is 16.1 Å². The Hall–Kier alpha value is -5.92. The summed E-state index contributed by atoms with van der Waals surface area (Å²) in [6, 6.07) is 21.9. The van der Waals surface area contributed by atoms with Crippen LogP contribution in [0.4, 0.5) is 18.9 Å². The van der Waals surface area contributed by atoms with E-state index in [-0.39, 0.29) is 22.9 Å². The minimum Gasteiger partial charge on any atom is -0.508 e. The number of ether oxygens (including phenoxy) is 2. The molecule has 6 aromatic rings. The number of thiophene rings is 1. The van der Waals surface area contributed by atoms with Gasteiger partial charge in [-0.1, -0.05) is 24.3 Å². The summed E-state index contributed by atoms with van der Waals surface area (Å²) >= 11 is 1.77. The Morgan fingerprint density at radius 1 is 0.850 bits per heavy atom. The first-order chi connectivity index (χ1) is 28.9. The van der Waals surface area contributed by atoms with E-state index in [4.69, 9.17) is 14.5 Å². The van der Waals surface area contributed by atoms with Crippen LogP contribution < -0.4 is 14.4 Å². The molecule has 2 aromatic heterocycles. The van der Waals surface area contributed by atoms with Gasteiger partial charge in [-0.15, -0.1) is 21.5 Å². The van der Waals surface area contributed by atoms with Gasteiger partial charge in [0.25, 0.3) is 0 Å². The fraction of sp³-hybridized carbons (Fsp3) is 0.298. The molecule has 0 radical (unpaired) electrons. The molecule has 1 fully saturated rings. The third-order valence-electron chi connectivity index (χ3n) is 11.9. The number of nitrogens with zero attached hydrogens (tertiary/aromatic N) is 6. The van der Waals surface area contributed by atoms with Gasteiger partial charge in [-0.3, -0.25) is 14.5 Å². The maximum Gasteiger partial charge on any atom is 0.162 e. The molecule has 4 aromatic carbocycles. The molecule has 308 valence electrons. The predicted molar refractivity (Wildman–Crippen MR) is 229 cm³/mol. The highest BCUT2D eigenvalue weighted by Crippen LogP contribution is 2.48. The molecule has 0 bridgehead atoms. The van der Waals surface area contributed by atoms with Gasteiger partial charge < -0.3 is 19.5 Å². The minimum absolute atomic E-state index is 0.0127. The number of aromatic hydroxyl groups is 1. The molecule has 0 amide bonds. The third-order valence-corrected chi connectivity index (χ3v) is 13.1. The number of fused-ring (bicyclic) bond motifs is 4. The Morgan fingerprint density at radius 3 is 2.35 bits per heavy atom. The Bertz CT molecular complexity index is 2650. The Balaban J connectivity index is 0.842. The van der Waals surface area contributed by atoms with Gasteiger partial charge >= 0.3 is 0 Å². The number of phenols is 1. The van der Waals surface area contributed by atoms with Crippen LogP contribution >= 0.6 is 11.3 Å². The van der Waals surface area contributed by atoms with Gasteiger partial charge in [0, 0.05) is 77.7 Å². The smallest absolute Gasteiger partial charge is 0.162 e. The van der Waals surface area contributed by atoms with Crippen molar-refractivity contribution in [2.75, 3.05) is 44.2 Å². The van der Waals surface area contributed by atoms with Crippen molar-refractivity contribution in [2.24, 2.45) is 4.99 Å². The van der Waals surface area contributed by atoms with Crippen LogP contribution in [0.15, 0.2) is 83.9 Å². The van der Waals surface area contributed by atoms with E-state index in [9.17, 15) is 9.50 Å².